The molecule has 0 amide bonds. The molecule has 0 bridgehead atoms. The first-order valence-electron chi connectivity index (χ1n) is 6.07. The van der Waals surface area contributed by atoms with Gasteiger partial charge in [0.15, 0.2) is 5.16 Å². The van der Waals surface area contributed by atoms with Crippen LogP contribution in [0.25, 0.3) is 0 Å². The van der Waals surface area contributed by atoms with Crippen LogP contribution in [0.5, 0.6) is 0 Å². The van der Waals surface area contributed by atoms with E-state index in [0.717, 1.165) is 34.4 Å². The van der Waals surface area contributed by atoms with Crippen LogP contribution < -0.4 is 0 Å². The van der Waals surface area contributed by atoms with Gasteiger partial charge in [0.1, 0.15) is 0 Å². The highest BCUT2D eigenvalue weighted by Crippen LogP contribution is 2.21. The Labute approximate surface area is 112 Å². The highest BCUT2D eigenvalue weighted by molar-refractivity contribution is 7.98. The van der Waals surface area contributed by atoms with Gasteiger partial charge in [0, 0.05) is 29.0 Å². The third-order valence-corrected chi connectivity index (χ3v) is 3.53. The minimum Gasteiger partial charge on any atom is -0.261 e. The Kier molecular flexibility index (Phi) is 4.31. The molecule has 0 saturated heterocycles. The second kappa shape index (κ2) is 5.96. The van der Waals surface area contributed by atoms with Gasteiger partial charge in [-0.2, -0.15) is 0 Å². The standard InChI is InChI=1S/C14H17N3S/c1-4-13-12(6-5-7-15-13)9-18-14-16-10(2)8-11(3)17-14/h5-8H,4,9H2,1-3H3. The third kappa shape index (κ3) is 3.29. The Morgan fingerprint density at radius 1 is 1.17 bits per heavy atom. The first kappa shape index (κ1) is 13.0. The molecule has 18 heavy (non-hydrogen) atoms. The van der Waals surface area contributed by atoms with Crippen LogP contribution in [0.2, 0.25) is 0 Å². The summed E-state index contributed by atoms with van der Waals surface area (Å²) < 4.78 is 0. The lowest BCUT2D eigenvalue weighted by Crippen LogP contribution is -1.96. The van der Waals surface area contributed by atoms with Gasteiger partial charge in [-0.05, 0) is 38.0 Å². The van der Waals surface area contributed by atoms with E-state index in [-0.39, 0.29) is 0 Å². The van der Waals surface area contributed by atoms with Crippen LogP contribution in [-0.2, 0) is 12.2 Å². The summed E-state index contributed by atoms with van der Waals surface area (Å²) in [5.41, 5.74) is 4.47. The van der Waals surface area contributed by atoms with Crippen LogP contribution in [0.3, 0.4) is 0 Å². The van der Waals surface area contributed by atoms with Crippen LogP contribution in [0, 0.1) is 13.8 Å². The van der Waals surface area contributed by atoms with Crippen molar-refractivity contribution in [3.63, 3.8) is 0 Å². The molecule has 2 heterocycles. The molecular weight excluding hydrogens is 242 g/mol. The van der Waals surface area contributed by atoms with Crippen LogP contribution in [0.15, 0.2) is 29.6 Å². The number of nitrogens with zero attached hydrogens (tertiary/aromatic N) is 3. The molecule has 0 aliphatic carbocycles. The highest BCUT2D eigenvalue weighted by atomic mass is 32.2. The molecule has 2 aromatic rings. The summed E-state index contributed by atoms with van der Waals surface area (Å²) in [5.74, 6) is 0.875. The number of thioether (sulfide) groups is 1. The molecule has 4 heteroatoms. The molecule has 0 aliphatic heterocycles. The van der Waals surface area contributed by atoms with E-state index >= 15 is 0 Å². The maximum Gasteiger partial charge on any atom is 0.188 e. The number of hydrogen-bond acceptors (Lipinski definition) is 4. The van der Waals surface area contributed by atoms with E-state index in [1.54, 1.807) is 11.8 Å². The highest BCUT2D eigenvalue weighted by Gasteiger charge is 2.05. The molecule has 2 rings (SSSR count). The normalized spacial score (nSPS) is 10.6. The Hall–Kier alpha value is -1.42. The van der Waals surface area contributed by atoms with Gasteiger partial charge >= 0.3 is 0 Å². The maximum absolute atomic E-state index is 4.44. The largest absolute Gasteiger partial charge is 0.261 e. The van der Waals surface area contributed by atoms with E-state index in [2.05, 4.69) is 27.9 Å². The van der Waals surface area contributed by atoms with Gasteiger partial charge in [-0.25, -0.2) is 9.97 Å². The molecular formula is C14H17N3S. The maximum atomic E-state index is 4.44. The molecule has 0 spiro atoms. The first-order valence-corrected chi connectivity index (χ1v) is 7.05. The van der Waals surface area contributed by atoms with Crippen LogP contribution in [-0.4, -0.2) is 15.0 Å². The van der Waals surface area contributed by atoms with Gasteiger partial charge in [0.2, 0.25) is 0 Å². The van der Waals surface area contributed by atoms with Crippen molar-refractivity contribution >= 4 is 11.8 Å². The summed E-state index contributed by atoms with van der Waals surface area (Å²) in [7, 11) is 0. The molecule has 3 nitrogen and oxygen atoms in total. The average Bonchev–Trinajstić information content (AvgIpc) is 2.35. The van der Waals surface area contributed by atoms with Crippen molar-refractivity contribution < 1.29 is 0 Å². The number of hydrogen-bond donors (Lipinski definition) is 0. The minimum atomic E-state index is 0.846. The van der Waals surface area contributed by atoms with E-state index in [9.17, 15) is 0 Å². The SMILES string of the molecule is CCc1ncccc1CSc1nc(C)cc(C)n1. The summed E-state index contributed by atoms with van der Waals surface area (Å²) in [4.78, 5) is 13.3. The molecule has 0 atom stereocenters. The molecule has 0 aliphatic rings. The molecule has 0 radical (unpaired) electrons. The van der Waals surface area contributed by atoms with Crippen LogP contribution in [0.4, 0.5) is 0 Å². The lowest BCUT2D eigenvalue weighted by molar-refractivity contribution is 0.900. The predicted octanol–water partition coefficient (Wildman–Crippen LogP) is 3.34. The summed E-state index contributed by atoms with van der Waals surface area (Å²) >= 11 is 1.67. The van der Waals surface area contributed by atoms with Crippen molar-refractivity contribution in [1.82, 2.24) is 15.0 Å². The Morgan fingerprint density at radius 2 is 1.89 bits per heavy atom. The summed E-state index contributed by atoms with van der Waals surface area (Å²) in [6.07, 6.45) is 2.81. The second-order valence-corrected chi connectivity index (χ2v) is 5.13. The lowest BCUT2D eigenvalue weighted by Gasteiger charge is -2.06. The van der Waals surface area contributed by atoms with Crippen molar-refractivity contribution in [2.45, 2.75) is 38.1 Å². The van der Waals surface area contributed by atoms with E-state index in [1.165, 1.54) is 5.56 Å². The molecule has 0 unspecified atom stereocenters. The van der Waals surface area contributed by atoms with Gasteiger partial charge in [-0.1, -0.05) is 24.8 Å². The van der Waals surface area contributed by atoms with Gasteiger partial charge in [-0.15, -0.1) is 0 Å². The number of pyridine rings is 1. The van der Waals surface area contributed by atoms with Gasteiger partial charge in [0.05, 0.1) is 0 Å². The molecule has 0 aromatic carbocycles. The number of aryl methyl sites for hydroxylation is 3. The average molecular weight is 259 g/mol. The zero-order valence-electron chi connectivity index (χ0n) is 11.0. The quantitative estimate of drug-likeness (QED) is 0.623. The van der Waals surface area contributed by atoms with Crippen molar-refractivity contribution in [3.05, 3.63) is 47.0 Å². The summed E-state index contributed by atoms with van der Waals surface area (Å²) in [6.45, 7) is 6.13. The molecule has 94 valence electrons. The monoisotopic (exact) mass is 259 g/mol. The smallest absolute Gasteiger partial charge is 0.188 e. The van der Waals surface area contributed by atoms with Gasteiger partial charge < -0.3 is 0 Å². The van der Waals surface area contributed by atoms with Crippen LogP contribution >= 0.6 is 11.8 Å². The van der Waals surface area contributed by atoms with Crippen molar-refractivity contribution in [1.29, 1.82) is 0 Å². The second-order valence-electron chi connectivity index (χ2n) is 4.18. The zero-order valence-corrected chi connectivity index (χ0v) is 11.8. The predicted molar refractivity (Wildman–Crippen MR) is 74.7 cm³/mol. The van der Waals surface area contributed by atoms with Crippen molar-refractivity contribution in [3.8, 4) is 0 Å². The Balaban J connectivity index is 2.11. The molecule has 0 saturated carbocycles. The fraction of sp³-hybridized carbons (Fsp3) is 0.357. The molecule has 0 N–H and O–H groups in total. The zero-order chi connectivity index (χ0) is 13.0. The van der Waals surface area contributed by atoms with E-state index in [4.69, 9.17) is 0 Å². The summed E-state index contributed by atoms with van der Waals surface area (Å²) in [6, 6.07) is 6.10. The van der Waals surface area contributed by atoms with E-state index in [0.29, 0.717) is 0 Å². The topological polar surface area (TPSA) is 38.7 Å². The molecule has 2 aromatic heterocycles. The van der Waals surface area contributed by atoms with Gasteiger partial charge in [0.25, 0.3) is 0 Å². The van der Waals surface area contributed by atoms with Crippen LogP contribution in [0.1, 0.15) is 29.6 Å². The van der Waals surface area contributed by atoms with Crippen molar-refractivity contribution in [2.75, 3.05) is 0 Å². The lowest BCUT2D eigenvalue weighted by atomic mass is 10.2. The number of rotatable bonds is 4. The Bertz CT molecular complexity index is 520. The van der Waals surface area contributed by atoms with Gasteiger partial charge in [-0.3, -0.25) is 4.98 Å². The minimum absolute atomic E-state index is 0.846. The fourth-order valence-corrected chi connectivity index (χ4v) is 2.79. The number of aromatic nitrogens is 3. The fourth-order valence-electron chi connectivity index (χ4n) is 1.82. The third-order valence-electron chi connectivity index (χ3n) is 2.64. The van der Waals surface area contributed by atoms with Crippen molar-refractivity contribution in [2.24, 2.45) is 0 Å². The summed E-state index contributed by atoms with van der Waals surface area (Å²) in [5, 5.41) is 0.846. The first-order chi connectivity index (χ1) is 8.69. The molecule has 0 fully saturated rings. The Morgan fingerprint density at radius 3 is 2.56 bits per heavy atom. The van der Waals surface area contributed by atoms with E-state index in [1.807, 2.05) is 32.2 Å². The van der Waals surface area contributed by atoms with E-state index < -0.39 is 0 Å².